The fourth-order valence-corrected chi connectivity index (χ4v) is 1.61. The fraction of sp³-hybridized carbons (Fsp3) is 0.167. The quantitative estimate of drug-likeness (QED) is 0.557. The third-order valence-electron chi connectivity index (χ3n) is 2.28. The van der Waals surface area contributed by atoms with Crippen LogP contribution in [0.2, 0.25) is 0 Å². The van der Waals surface area contributed by atoms with Crippen molar-refractivity contribution < 1.29 is 0 Å². The number of aromatic amines is 1. The maximum Gasteiger partial charge on any atom is 0.0499 e. The minimum absolute atomic E-state index is 0.844. The molecule has 2 nitrogen and oxygen atoms in total. The maximum atomic E-state index is 3.67. The number of H-pyrrole nitrogens is 1. The molecule has 0 unspecified atom stereocenters. The van der Waals surface area contributed by atoms with Crippen molar-refractivity contribution in [2.75, 3.05) is 6.54 Å². The molecule has 0 aliphatic heterocycles. The summed E-state index contributed by atoms with van der Waals surface area (Å²) in [5.41, 5.74) is 2.53. The van der Waals surface area contributed by atoms with E-state index in [4.69, 9.17) is 0 Å². The second-order valence-corrected chi connectivity index (χ2v) is 3.28. The number of rotatable bonds is 4. The number of aromatic nitrogens is 1. The fourth-order valence-electron chi connectivity index (χ4n) is 1.61. The Bertz CT molecular complexity index is 429. The molecule has 1 aromatic heterocycles. The maximum absolute atomic E-state index is 3.67. The van der Waals surface area contributed by atoms with Gasteiger partial charge in [-0.3, -0.25) is 0 Å². The molecule has 0 bridgehead atoms. The summed E-state index contributed by atoms with van der Waals surface area (Å²) in [6, 6.07) is 8.42. The molecule has 0 atom stereocenters. The molecule has 0 saturated carbocycles. The van der Waals surface area contributed by atoms with Gasteiger partial charge in [-0.15, -0.1) is 6.58 Å². The van der Waals surface area contributed by atoms with Gasteiger partial charge in [-0.2, -0.15) is 0 Å². The van der Waals surface area contributed by atoms with Gasteiger partial charge >= 0.3 is 0 Å². The number of hydrogen-bond acceptors (Lipinski definition) is 1. The number of para-hydroxylation sites is 1. The molecule has 0 radical (unpaired) electrons. The zero-order chi connectivity index (χ0) is 9.80. The Morgan fingerprint density at radius 3 is 3.14 bits per heavy atom. The standard InChI is InChI=1S/C12H14N2/c1-2-7-13-9-11-5-3-4-10-6-8-14-12(10)11/h2-6,8,13-14H,1,7,9H2. The average molecular weight is 186 g/mol. The average Bonchev–Trinajstić information content (AvgIpc) is 2.67. The van der Waals surface area contributed by atoms with Gasteiger partial charge in [0.2, 0.25) is 0 Å². The van der Waals surface area contributed by atoms with Gasteiger partial charge in [-0.25, -0.2) is 0 Å². The van der Waals surface area contributed by atoms with E-state index >= 15 is 0 Å². The lowest BCUT2D eigenvalue weighted by atomic mass is 10.1. The van der Waals surface area contributed by atoms with Crippen LogP contribution in [-0.2, 0) is 6.54 Å². The highest BCUT2D eigenvalue weighted by Crippen LogP contribution is 2.16. The summed E-state index contributed by atoms with van der Waals surface area (Å²) in [7, 11) is 0. The van der Waals surface area contributed by atoms with Crippen molar-refractivity contribution in [3.8, 4) is 0 Å². The molecule has 0 aliphatic carbocycles. The molecule has 2 aromatic rings. The summed E-state index contributed by atoms with van der Waals surface area (Å²) in [5.74, 6) is 0. The van der Waals surface area contributed by atoms with Crippen LogP contribution in [0.25, 0.3) is 10.9 Å². The number of nitrogens with one attached hydrogen (secondary N) is 2. The predicted molar refractivity (Wildman–Crippen MR) is 60.2 cm³/mol. The van der Waals surface area contributed by atoms with Crippen LogP contribution in [-0.4, -0.2) is 11.5 Å². The lowest BCUT2D eigenvalue weighted by Gasteiger charge is -2.03. The van der Waals surface area contributed by atoms with Crippen molar-refractivity contribution in [2.45, 2.75) is 6.54 Å². The highest BCUT2D eigenvalue weighted by atomic mass is 14.8. The second-order valence-electron chi connectivity index (χ2n) is 3.28. The Morgan fingerprint density at radius 2 is 2.29 bits per heavy atom. The van der Waals surface area contributed by atoms with Crippen LogP contribution in [0.5, 0.6) is 0 Å². The zero-order valence-corrected chi connectivity index (χ0v) is 8.09. The van der Waals surface area contributed by atoms with Gasteiger partial charge in [0.15, 0.2) is 0 Å². The molecule has 2 rings (SSSR count). The van der Waals surface area contributed by atoms with Crippen LogP contribution in [0, 0.1) is 0 Å². The SMILES string of the molecule is C=CCNCc1cccc2cc[nH]c12. The lowest BCUT2D eigenvalue weighted by Crippen LogP contribution is -2.12. The highest BCUT2D eigenvalue weighted by Gasteiger charge is 1.99. The molecule has 0 aliphatic rings. The molecule has 0 fully saturated rings. The minimum atomic E-state index is 0.844. The molecule has 2 N–H and O–H groups in total. The Hall–Kier alpha value is -1.54. The first-order valence-electron chi connectivity index (χ1n) is 4.78. The molecule has 1 heterocycles. The minimum Gasteiger partial charge on any atom is -0.361 e. The third kappa shape index (κ3) is 1.70. The summed E-state index contributed by atoms with van der Waals surface area (Å²) < 4.78 is 0. The van der Waals surface area contributed by atoms with Crippen LogP contribution in [0.4, 0.5) is 0 Å². The zero-order valence-electron chi connectivity index (χ0n) is 8.09. The van der Waals surface area contributed by atoms with Gasteiger partial charge in [0.25, 0.3) is 0 Å². The monoisotopic (exact) mass is 186 g/mol. The van der Waals surface area contributed by atoms with Crippen LogP contribution < -0.4 is 5.32 Å². The first-order chi connectivity index (χ1) is 6.92. The van der Waals surface area contributed by atoms with Crippen LogP contribution >= 0.6 is 0 Å². The van der Waals surface area contributed by atoms with Gasteiger partial charge in [0.05, 0.1) is 0 Å². The van der Waals surface area contributed by atoms with Gasteiger partial charge in [-0.1, -0.05) is 24.3 Å². The van der Waals surface area contributed by atoms with Crippen molar-refractivity contribution in [3.05, 3.63) is 48.7 Å². The smallest absolute Gasteiger partial charge is 0.0499 e. The Morgan fingerprint density at radius 1 is 1.36 bits per heavy atom. The predicted octanol–water partition coefficient (Wildman–Crippen LogP) is 2.44. The molecule has 0 amide bonds. The van der Waals surface area contributed by atoms with Gasteiger partial charge in [-0.05, 0) is 17.0 Å². The van der Waals surface area contributed by atoms with Crippen molar-refractivity contribution in [2.24, 2.45) is 0 Å². The Labute approximate surface area is 83.6 Å². The lowest BCUT2D eigenvalue weighted by molar-refractivity contribution is 0.764. The first kappa shape index (κ1) is 9.03. The largest absolute Gasteiger partial charge is 0.361 e. The number of benzene rings is 1. The van der Waals surface area contributed by atoms with Gasteiger partial charge in [0.1, 0.15) is 0 Å². The number of hydrogen-bond donors (Lipinski definition) is 2. The summed E-state index contributed by atoms with van der Waals surface area (Å²) in [6.07, 6.45) is 3.84. The second kappa shape index (κ2) is 4.11. The van der Waals surface area contributed by atoms with E-state index in [1.807, 2.05) is 12.3 Å². The first-order valence-corrected chi connectivity index (χ1v) is 4.78. The van der Waals surface area contributed by atoms with Crippen LogP contribution in [0.15, 0.2) is 43.1 Å². The summed E-state index contributed by atoms with van der Waals surface area (Å²) in [5, 5.41) is 4.56. The molecule has 0 spiro atoms. The topological polar surface area (TPSA) is 27.8 Å². The third-order valence-corrected chi connectivity index (χ3v) is 2.28. The van der Waals surface area contributed by atoms with E-state index in [-0.39, 0.29) is 0 Å². The molecule has 72 valence electrons. The van der Waals surface area contributed by atoms with E-state index in [1.54, 1.807) is 0 Å². The van der Waals surface area contributed by atoms with Gasteiger partial charge < -0.3 is 10.3 Å². The van der Waals surface area contributed by atoms with E-state index in [2.05, 4.69) is 41.1 Å². The molecule has 14 heavy (non-hydrogen) atoms. The summed E-state index contributed by atoms with van der Waals surface area (Å²) >= 11 is 0. The van der Waals surface area contributed by atoms with Gasteiger partial charge in [0, 0.05) is 24.8 Å². The van der Waals surface area contributed by atoms with Crippen molar-refractivity contribution in [3.63, 3.8) is 0 Å². The van der Waals surface area contributed by atoms with E-state index in [1.165, 1.54) is 16.5 Å². The molecular formula is C12H14N2. The Balaban J connectivity index is 2.23. The van der Waals surface area contributed by atoms with E-state index in [0.29, 0.717) is 0 Å². The van der Waals surface area contributed by atoms with E-state index < -0.39 is 0 Å². The van der Waals surface area contributed by atoms with Crippen LogP contribution in [0.1, 0.15) is 5.56 Å². The molecule has 2 heteroatoms. The molecular weight excluding hydrogens is 172 g/mol. The molecule has 0 saturated heterocycles. The van der Waals surface area contributed by atoms with Crippen molar-refractivity contribution >= 4 is 10.9 Å². The van der Waals surface area contributed by atoms with E-state index in [0.717, 1.165) is 13.1 Å². The van der Waals surface area contributed by atoms with Crippen molar-refractivity contribution in [1.29, 1.82) is 0 Å². The van der Waals surface area contributed by atoms with Crippen molar-refractivity contribution in [1.82, 2.24) is 10.3 Å². The Kier molecular flexibility index (Phi) is 2.65. The summed E-state index contributed by atoms with van der Waals surface area (Å²) in [6.45, 7) is 5.40. The number of fused-ring (bicyclic) bond motifs is 1. The normalized spacial score (nSPS) is 10.6. The summed E-state index contributed by atoms with van der Waals surface area (Å²) in [4.78, 5) is 3.25. The highest BCUT2D eigenvalue weighted by molar-refractivity contribution is 5.82. The molecule has 1 aromatic carbocycles. The van der Waals surface area contributed by atoms with E-state index in [9.17, 15) is 0 Å². The van der Waals surface area contributed by atoms with Crippen LogP contribution in [0.3, 0.4) is 0 Å².